The Labute approximate surface area is 174 Å². The average Bonchev–Trinajstić information content (AvgIpc) is 3.27. The van der Waals surface area contributed by atoms with Gasteiger partial charge >= 0.3 is 0 Å². The van der Waals surface area contributed by atoms with E-state index < -0.39 is 0 Å². The van der Waals surface area contributed by atoms with E-state index in [1.807, 2.05) is 0 Å². The Hall–Kier alpha value is -2.37. The Kier molecular flexibility index (Phi) is 6.47. The van der Waals surface area contributed by atoms with Crippen LogP contribution in [0.3, 0.4) is 0 Å². The van der Waals surface area contributed by atoms with E-state index in [0.29, 0.717) is 6.54 Å². The monoisotopic (exact) mass is 392 g/mol. The van der Waals surface area contributed by atoms with Crippen molar-refractivity contribution in [1.82, 2.24) is 9.80 Å². The Morgan fingerprint density at radius 3 is 2.28 bits per heavy atom. The normalized spacial score (nSPS) is 18.2. The first-order chi connectivity index (χ1) is 14.2. The number of carbonyl (C=O) groups excluding carboxylic acids is 1. The molecule has 1 amide bonds. The van der Waals surface area contributed by atoms with Crippen molar-refractivity contribution in [3.63, 3.8) is 0 Å². The van der Waals surface area contributed by atoms with Crippen LogP contribution in [0.4, 0.5) is 11.4 Å². The van der Waals surface area contributed by atoms with E-state index in [2.05, 4.69) is 75.5 Å². The van der Waals surface area contributed by atoms with Gasteiger partial charge in [-0.3, -0.25) is 14.6 Å². The first-order valence-corrected chi connectivity index (χ1v) is 10.8. The van der Waals surface area contributed by atoms with Crippen molar-refractivity contribution in [2.24, 2.45) is 0 Å². The van der Waals surface area contributed by atoms with E-state index in [0.717, 1.165) is 57.1 Å². The van der Waals surface area contributed by atoms with Gasteiger partial charge in [-0.25, -0.2) is 0 Å². The summed E-state index contributed by atoms with van der Waals surface area (Å²) in [5, 5.41) is 3.11. The summed E-state index contributed by atoms with van der Waals surface area (Å²) in [6.07, 6.45) is 2.55. The van der Waals surface area contributed by atoms with Gasteiger partial charge in [-0.2, -0.15) is 0 Å². The molecule has 154 valence electrons. The Balaban J connectivity index is 1.24. The van der Waals surface area contributed by atoms with Crippen molar-refractivity contribution in [3.8, 4) is 0 Å². The lowest BCUT2D eigenvalue weighted by Crippen LogP contribution is -2.48. The molecule has 5 heteroatoms. The molecule has 0 spiro atoms. The minimum atomic E-state index is 0.0820. The standard InChI is InChI=1S/C24H32N4O/c1-20-17-22(28-11-5-6-12-28)9-10-23(20)25-24(29)19-27-15-13-26(14-16-27)18-21-7-3-2-4-8-21/h2-4,7-10,17H,5-6,11-16,18-19H2,1H3,(H,25,29). The molecule has 2 aromatic rings. The number of nitrogens with zero attached hydrogens (tertiary/aromatic N) is 3. The maximum Gasteiger partial charge on any atom is 0.238 e. The SMILES string of the molecule is Cc1cc(N2CCCC2)ccc1NC(=O)CN1CCN(Cc2ccccc2)CC1. The lowest BCUT2D eigenvalue weighted by Gasteiger charge is -2.34. The predicted octanol–water partition coefficient (Wildman–Crippen LogP) is 3.35. The molecule has 2 fully saturated rings. The topological polar surface area (TPSA) is 38.8 Å². The summed E-state index contributed by atoms with van der Waals surface area (Å²) in [5.41, 5.74) is 4.69. The highest BCUT2D eigenvalue weighted by molar-refractivity contribution is 5.93. The van der Waals surface area contributed by atoms with E-state index in [1.165, 1.54) is 24.1 Å². The molecular weight excluding hydrogens is 360 g/mol. The molecule has 0 aliphatic carbocycles. The van der Waals surface area contributed by atoms with E-state index in [9.17, 15) is 4.79 Å². The van der Waals surface area contributed by atoms with Crippen LogP contribution in [0.5, 0.6) is 0 Å². The largest absolute Gasteiger partial charge is 0.372 e. The smallest absolute Gasteiger partial charge is 0.238 e. The van der Waals surface area contributed by atoms with Crippen molar-refractivity contribution in [2.45, 2.75) is 26.3 Å². The van der Waals surface area contributed by atoms with Crippen molar-refractivity contribution in [3.05, 3.63) is 59.7 Å². The number of nitrogens with one attached hydrogen (secondary N) is 1. The Bertz CT molecular complexity index is 809. The highest BCUT2D eigenvalue weighted by Gasteiger charge is 2.19. The van der Waals surface area contributed by atoms with E-state index in [4.69, 9.17) is 0 Å². The number of aryl methyl sites for hydroxylation is 1. The molecule has 0 atom stereocenters. The molecule has 5 nitrogen and oxygen atoms in total. The maximum atomic E-state index is 12.6. The van der Waals surface area contributed by atoms with Crippen LogP contribution in [0, 0.1) is 6.92 Å². The second kappa shape index (κ2) is 9.42. The van der Waals surface area contributed by atoms with Crippen LogP contribution in [-0.4, -0.2) is 61.5 Å². The fraction of sp³-hybridized carbons (Fsp3) is 0.458. The number of amides is 1. The molecular formula is C24H32N4O. The molecule has 0 unspecified atom stereocenters. The second-order valence-corrected chi connectivity index (χ2v) is 8.28. The third-order valence-corrected chi connectivity index (χ3v) is 6.04. The number of benzene rings is 2. The molecule has 0 radical (unpaired) electrons. The van der Waals surface area contributed by atoms with Crippen LogP contribution in [0.2, 0.25) is 0 Å². The lowest BCUT2D eigenvalue weighted by molar-refractivity contribution is -0.117. The summed E-state index contributed by atoms with van der Waals surface area (Å²) >= 11 is 0. The van der Waals surface area contributed by atoms with Gasteiger partial charge in [-0.05, 0) is 49.1 Å². The Morgan fingerprint density at radius 2 is 1.59 bits per heavy atom. The summed E-state index contributed by atoms with van der Waals surface area (Å²) in [6, 6.07) is 17.0. The number of rotatable bonds is 6. The molecule has 2 heterocycles. The van der Waals surface area contributed by atoms with Gasteiger partial charge in [0, 0.05) is 57.2 Å². The highest BCUT2D eigenvalue weighted by atomic mass is 16.2. The lowest BCUT2D eigenvalue weighted by atomic mass is 10.1. The van der Waals surface area contributed by atoms with Crippen LogP contribution in [0.1, 0.15) is 24.0 Å². The number of anilines is 2. The molecule has 2 aliphatic heterocycles. The van der Waals surface area contributed by atoms with Gasteiger partial charge in [-0.1, -0.05) is 30.3 Å². The summed E-state index contributed by atoms with van der Waals surface area (Å²) in [6.45, 7) is 9.70. The minimum Gasteiger partial charge on any atom is -0.372 e. The first kappa shape index (κ1) is 19.9. The number of carbonyl (C=O) groups is 1. The van der Waals surface area contributed by atoms with Gasteiger partial charge in [-0.15, -0.1) is 0 Å². The van der Waals surface area contributed by atoms with Crippen LogP contribution in [0.15, 0.2) is 48.5 Å². The number of piperazine rings is 1. The molecule has 0 saturated carbocycles. The van der Waals surface area contributed by atoms with Crippen molar-refractivity contribution in [1.29, 1.82) is 0 Å². The fourth-order valence-electron chi connectivity index (χ4n) is 4.30. The van der Waals surface area contributed by atoms with E-state index in [1.54, 1.807) is 0 Å². The molecule has 1 N–H and O–H groups in total. The van der Waals surface area contributed by atoms with E-state index in [-0.39, 0.29) is 5.91 Å². The van der Waals surface area contributed by atoms with Crippen molar-refractivity contribution < 1.29 is 4.79 Å². The molecule has 29 heavy (non-hydrogen) atoms. The minimum absolute atomic E-state index is 0.0820. The zero-order valence-corrected chi connectivity index (χ0v) is 17.4. The van der Waals surface area contributed by atoms with Gasteiger partial charge in [0.15, 0.2) is 0 Å². The first-order valence-electron chi connectivity index (χ1n) is 10.8. The number of hydrogen-bond acceptors (Lipinski definition) is 4. The fourth-order valence-corrected chi connectivity index (χ4v) is 4.30. The van der Waals surface area contributed by atoms with Gasteiger partial charge in [0.2, 0.25) is 5.91 Å². The third-order valence-electron chi connectivity index (χ3n) is 6.04. The molecule has 2 saturated heterocycles. The van der Waals surface area contributed by atoms with Gasteiger partial charge < -0.3 is 10.2 Å². The van der Waals surface area contributed by atoms with Crippen molar-refractivity contribution >= 4 is 17.3 Å². The van der Waals surface area contributed by atoms with Gasteiger partial charge in [0.05, 0.1) is 6.54 Å². The van der Waals surface area contributed by atoms with Gasteiger partial charge in [0.1, 0.15) is 0 Å². The molecule has 2 aromatic carbocycles. The summed E-state index contributed by atoms with van der Waals surface area (Å²) in [5.74, 6) is 0.0820. The van der Waals surface area contributed by atoms with Gasteiger partial charge in [0.25, 0.3) is 0 Å². The van der Waals surface area contributed by atoms with Crippen molar-refractivity contribution in [2.75, 3.05) is 56.0 Å². The quantitative estimate of drug-likeness (QED) is 0.818. The number of hydrogen-bond donors (Lipinski definition) is 1. The second-order valence-electron chi connectivity index (χ2n) is 8.28. The third kappa shape index (κ3) is 5.37. The molecule has 0 aromatic heterocycles. The molecule has 4 rings (SSSR count). The van der Waals surface area contributed by atoms with Crippen LogP contribution in [-0.2, 0) is 11.3 Å². The summed E-state index contributed by atoms with van der Waals surface area (Å²) in [7, 11) is 0. The van der Waals surface area contributed by atoms with E-state index >= 15 is 0 Å². The highest BCUT2D eigenvalue weighted by Crippen LogP contribution is 2.25. The average molecular weight is 393 g/mol. The maximum absolute atomic E-state index is 12.6. The summed E-state index contributed by atoms with van der Waals surface area (Å²) in [4.78, 5) is 19.7. The van der Waals surface area contributed by atoms with Crippen LogP contribution >= 0.6 is 0 Å². The van der Waals surface area contributed by atoms with Crippen LogP contribution in [0.25, 0.3) is 0 Å². The molecule has 2 aliphatic rings. The zero-order valence-electron chi connectivity index (χ0n) is 17.4. The molecule has 0 bridgehead atoms. The zero-order chi connectivity index (χ0) is 20.1. The van der Waals surface area contributed by atoms with Crippen LogP contribution < -0.4 is 10.2 Å². The summed E-state index contributed by atoms with van der Waals surface area (Å²) < 4.78 is 0. The predicted molar refractivity (Wildman–Crippen MR) is 119 cm³/mol. The Morgan fingerprint density at radius 1 is 0.897 bits per heavy atom.